The van der Waals surface area contributed by atoms with Crippen LogP contribution >= 0.6 is 0 Å². The number of hydrogen-bond donors (Lipinski definition) is 2. The van der Waals surface area contributed by atoms with E-state index < -0.39 is 5.54 Å². The molecule has 2 aliphatic rings. The first-order valence-corrected chi connectivity index (χ1v) is 11.5. The molecule has 4 N–H and O–H groups in total. The molecule has 2 saturated carbocycles. The zero-order chi connectivity index (χ0) is 22.7. The highest BCUT2D eigenvalue weighted by Gasteiger charge is 2.48. The lowest BCUT2D eigenvalue weighted by Crippen LogP contribution is -2.57. The van der Waals surface area contributed by atoms with E-state index in [0.29, 0.717) is 18.9 Å². The van der Waals surface area contributed by atoms with Crippen molar-refractivity contribution < 1.29 is 13.9 Å². The summed E-state index contributed by atoms with van der Waals surface area (Å²) in [6.45, 7) is 2.20. The molecule has 2 aromatic rings. The average Bonchev–Trinajstić information content (AvgIpc) is 2.78. The Bertz CT molecular complexity index is 977. The van der Waals surface area contributed by atoms with Crippen molar-refractivity contribution in [3.8, 4) is 11.1 Å². The Morgan fingerprint density at radius 2 is 2.09 bits per heavy atom. The highest BCUT2D eigenvalue weighted by atomic mass is 19.1. The third kappa shape index (κ3) is 4.92. The summed E-state index contributed by atoms with van der Waals surface area (Å²) in [4.78, 5) is 17.1. The molecule has 1 aromatic heterocycles. The topological polar surface area (TPSA) is 91.2 Å². The summed E-state index contributed by atoms with van der Waals surface area (Å²) in [5.74, 6) is -0.0345. The van der Waals surface area contributed by atoms with Crippen molar-refractivity contribution in [2.75, 3.05) is 6.61 Å². The zero-order valence-electron chi connectivity index (χ0n) is 18.5. The number of hydrogen-bond acceptors (Lipinski definition) is 5. The van der Waals surface area contributed by atoms with Crippen LogP contribution in [0.1, 0.15) is 44.7 Å². The lowest BCUT2D eigenvalue weighted by Gasteiger charge is -2.50. The zero-order valence-corrected chi connectivity index (χ0v) is 18.5. The van der Waals surface area contributed by atoms with Gasteiger partial charge in [0.1, 0.15) is 5.82 Å². The quantitative estimate of drug-likeness (QED) is 0.680. The van der Waals surface area contributed by atoms with Crippen molar-refractivity contribution in [1.82, 2.24) is 4.98 Å². The van der Waals surface area contributed by atoms with Crippen LogP contribution in [0.3, 0.4) is 0 Å². The van der Waals surface area contributed by atoms with Gasteiger partial charge in [0.25, 0.3) is 0 Å². The number of halogens is 1. The molecule has 0 amide bonds. The molecular formula is C26H32FN3O2. The summed E-state index contributed by atoms with van der Waals surface area (Å²) >= 11 is 0. The lowest BCUT2D eigenvalue weighted by molar-refractivity contribution is -0.151. The van der Waals surface area contributed by atoms with E-state index in [1.165, 1.54) is 12.1 Å². The molecule has 170 valence electrons. The van der Waals surface area contributed by atoms with Gasteiger partial charge in [0.2, 0.25) is 0 Å². The monoisotopic (exact) mass is 437 g/mol. The Morgan fingerprint density at radius 3 is 2.81 bits per heavy atom. The molecule has 0 aliphatic heterocycles. The number of carbonyl (C=O) groups excluding carboxylic acids is 1. The molecule has 5 atom stereocenters. The minimum Gasteiger partial charge on any atom is -0.466 e. The van der Waals surface area contributed by atoms with Gasteiger partial charge in [-0.15, -0.1) is 0 Å². The van der Waals surface area contributed by atoms with Crippen molar-refractivity contribution in [1.29, 1.82) is 0 Å². The summed E-state index contributed by atoms with van der Waals surface area (Å²) in [6, 6.07) is 10.5. The molecular weight excluding hydrogens is 405 g/mol. The summed E-state index contributed by atoms with van der Waals surface area (Å²) < 4.78 is 18.8. The van der Waals surface area contributed by atoms with Gasteiger partial charge in [-0.25, -0.2) is 4.39 Å². The molecule has 0 saturated heterocycles. The maximum Gasteiger partial charge on any atom is 0.309 e. The normalized spacial score (nSPS) is 30.1. The van der Waals surface area contributed by atoms with Gasteiger partial charge in [-0.3, -0.25) is 9.78 Å². The molecule has 6 heteroatoms. The summed E-state index contributed by atoms with van der Waals surface area (Å²) in [5.41, 5.74) is 15.0. The number of rotatable bonds is 5. The number of benzene rings is 1. The molecule has 32 heavy (non-hydrogen) atoms. The molecule has 2 aliphatic carbocycles. The molecule has 1 heterocycles. The second-order valence-corrected chi connectivity index (χ2v) is 9.26. The molecule has 0 bridgehead atoms. The van der Waals surface area contributed by atoms with E-state index in [-0.39, 0.29) is 29.7 Å². The Labute approximate surface area is 189 Å². The van der Waals surface area contributed by atoms with E-state index in [1.54, 1.807) is 12.3 Å². The fourth-order valence-electron chi connectivity index (χ4n) is 5.51. The maximum atomic E-state index is 13.5. The van der Waals surface area contributed by atoms with Gasteiger partial charge < -0.3 is 16.2 Å². The molecule has 5 nitrogen and oxygen atoms in total. The molecule has 4 rings (SSSR count). The molecule has 1 unspecified atom stereocenters. The predicted molar refractivity (Wildman–Crippen MR) is 124 cm³/mol. The standard InChI is InChI=1S/C26H32FN3O2/c1-2-32-25(31)20-12-19-14-22(28)7-9-24(19)26(29,15-20)11-10-23-8-6-18(16-30-23)17-4-3-5-21(27)13-17/h3-6,8,10-11,13,16,19-20,22,24H,2,7,9,12,14-15,28-29H2,1H3/b11-10+/t19-,20+,22+,24?,26+/m1/s1. The van der Waals surface area contributed by atoms with E-state index in [9.17, 15) is 9.18 Å². The van der Waals surface area contributed by atoms with Crippen LogP contribution in [0.25, 0.3) is 17.2 Å². The number of ether oxygens (including phenoxy) is 1. The second kappa shape index (κ2) is 9.51. The Kier molecular flexibility index (Phi) is 6.72. The van der Waals surface area contributed by atoms with Crippen LogP contribution in [0.15, 0.2) is 48.7 Å². The summed E-state index contributed by atoms with van der Waals surface area (Å²) in [5, 5.41) is 0. The van der Waals surface area contributed by atoms with Gasteiger partial charge in [-0.2, -0.15) is 0 Å². The average molecular weight is 438 g/mol. The van der Waals surface area contributed by atoms with Crippen LogP contribution in [0.4, 0.5) is 4.39 Å². The first kappa shape index (κ1) is 22.6. The van der Waals surface area contributed by atoms with Gasteiger partial charge >= 0.3 is 5.97 Å². The minimum atomic E-state index is -0.608. The van der Waals surface area contributed by atoms with Crippen LogP contribution in [0, 0.1) is 23.6 Å². The van der Waals surface area contributed by atoms with Crippen LogP contribution in [0.2, 0.25) is 0 Å². The summed E-state index contributed by atoms with van der Waals surface area (Å²) in [7, 11) is 0. The van der Waals surface area contributed by atoms with Crippen LogP contribution in [0.5, 0.6) is 0 Å². The van der Waals surface area contributed by atoms with E-state index in [0.717, 1.165) is 42.5 Å². The number of nitrogens with two attached hydrogens (primary N) is 2. The SMILES string of the molecule is CCOC(=O)[C@H]1C[C@@H]2C[C@@H](N)CCC2[C@](N)(/C=C/c2ccc(-c3cccc(F)c3)cn2)C1. The van der Waals surface area contributed by atoms with Gasteiger partial charge in [-0.05, 0) is 80.7 Å². The highest BCUT2D eigenvalue weighted by molar-refractivity contribution is 5.73. The minimum absolute atomic E-state index is 0.161. The fourth-order valence-corrected chi connectivity index (χ4v) is 5.51. The van der Waals surface area contributed by atoms with Crippen molar-refractivity contribution in [2.24, 2.45) is 29.2 Å². The van der Waals surface area contributed by atoms with Crippen molar-refractivity contribution >= 4 is 12.0 Å². The van der Waals surface area contributed by atoms with Crippen molar-refractivity contribution in [2.45, 2.75) is 50.6 Å². The molecule has 0 radical (unpaired) electrons. The van der Waals surface area contributed by atoms with E-state index in [4.69, 9.17) is 16.2 Å². The van der Waals surface area contributed by atoms with Gasteiger partial charge in [0, 0.05) is 23.3 Å². The predicted octanol–water partition coefficient (Wildman–Crippen LogP) is 4.32. The second-order valence-electron chi connectivity index (χ2n) is 9.26. The number of carbonyl (C=O) groups is 1. The Morgan fingerprint density at radius 1 is 1.25 bits per heavy atom. The number of aromatic nitrogens is 1. The molecule has 2 fully saturated rings. The Balaban J connectivity index is 1.55. The van der Waals surface area contributed by atoms with E-state index in [1.807, 2.05) is 37.3 Å². The van der Waals surface area contributed by atoms with E-state index in [2.05, 4.69) is 4.98 Å². The van der Waals surface area contributed by atoms with Crippen LogP contribution in [-0.2, 0) is 9.53 Å². The van der Waals surface area contributed by atoms with Crippen LogP contribution < -0.4 is 11.5 Å². The Hall–Kier alpha value is -2.57. The van der Waals surface area contributed by atoms with E-state index >= 15 is 0 Å². The van der Waals surface area contributed by atoms with Gasteiger partial charge in [0.05, 0.1) is 18.2 Å². The largest absolute Gasteiger partial charge is 0.466 e. The lowest BCUT2D eigenvalue weighted by atomic mass is 9.58. The number of fused-ring (bicyclic) bond motifs is 1. The highest BCUT2D eigenvalue weighted by Crippen LogP contribution is 2.48. The first-order chi connectivity index (χ1) is 15.4. The van der Waals surface area contributed by atoms with Crippen LogP contribution in [-0.4, -0.2) is 29.1 Å². The third-order valence-corrected chi connectivity index (χ3v) is 7.03. The maximum absolute atomic E-state index is 13.5. The van der Waals surface area contributed by atoms with Gasteiger partial charge in [0.15, 0.2) is 0 Å². The molecule has 1 aromatic carbocycles. The number of nitrogens with zero attached hydrogens (tertiary/aromatic N) is 1. The third-order valence-electron chi connectivity index (χ3n) is 7.03. The fraction of sp³-hybridized carbons (Fsp3) is 0.462. The van der Waals surface area contributed by atoms with Crippen molar-refractivity contribution in [3.63, 3.8) is 0 Å². The van der Waals surface area contributed by atoms with Gasteiger partial charge in [-0.1, -0.05) is 24.3 Å². The summed E-state index contributed by atoms with van der Waals surface area (Å²) in [6.07, 6.45) is 9.89. The smallest absolute Gasteiger partial charge is 0.309 e. The molecule has 0 spiro atoms. The number of esters is 1. The number of pyridine rings is 1. The van der Waals surface area contributed by atoms with Crippen molar-refractivity contribution in [3.05, 3.63) is 60.2 Å². The first-order valence-electron chi connectivity index (χ1n) is 11.5.